The summed E-state index contributed by atoms with van der Waals surface area (Å²) in [4.78, 5) is 11.8. The molecule has 0 amide bonds. The fourth-order valence-corrected chi connectivity index (χ4v) is 3.01. The lowest BCUT2D eigenvalue weighted by molar-refractivity contribution is 0.371. The average molecular weight is 258 g/mol. The highest BCUT2D eigenvalue weighted by Gasteiger charge is 2.30. The predicted molar refractivity (Wildman–Crippen MR) is 77.4 cm³/mol. The zero-order valence-corrected chi connectivity index (χ0v) is 12.2. The lowest BCUT2D eigenvalue weighted by atomic mass is 10.0. The molecule has 3 rings (SSSR count). The summed E-state index contributed by atoms with van der Waals surface area (Å²) in [6.07, 6.45) is 3.05. The third kappa shape index (κ3) is 2.14. The number of imidazole rings is 1. The monoisotopic (exact) mass is 258 g/mol. The molecule has 102 valence electrons. The van der Waals surface area contributed by atoms with Crippen molar-refractivity contribution in [3.8, 4) is 0 Å². The standard InChI is InChI=1S/C15H22N4/c1-15(2,3)19-13(11-7-9-18(4)10-11)17-12-6-5-8-16-14(12)19/h5-6,8,11H,7,9-10H2,1-4H3. The van der Waals surface area contributed by atoms with E-state index in [4.69, 9.17) is 4.98 Å². The van der Waals surface area contributed by atoms with E-state index in [2.05, 4.69) is 48.3 Å². The van der Waals surface area contributed by atoms with E-state index in [1.165, 1.54) is 12.2 Å². The third-order valence-electron chi connectivity index (χ3n) is 3.87. The minimum atomic E-state index is 0.0135. The van der Waals surface area contributed by atoms with Crippen molar-refractivity contribution in [2.24, 2.45) is 0 Å². The van der Waals surface area contributed by atoms with Gasteiger partial charge in [-0.15, -0.1) is 0 Å². The van der Waals surface area contributed by atoms with Crippen LogP contribution in [0.4, 0.5) is 0 Å². The molecular formula is C15H22N4. The van der Waals surface area contributed by atoms with Gasteiger partial charge in [0.05, 0.1) is 0 Å². The molecule has 0 aromatic carbocycles. The molecular weight excluding hydrogens is 236 g/mol. The molecule has 4 nitrogen and oxygen atoms in total. The first-order valence-electron chi connectivity index (χ1n) is 6.99. The lowest BCUT2D eigenvalue weighted by Gasteiger charge is -2.26. The Morgan fingerprint density at radius 2 is 2.11 bits per heavy atom. The predicted octanol–water partition coefficient (Wildman–Crippen LogP) is 2.61. The van der Waals surface area contributed by atoms with Crippen molar-refractivity contribution >= 4 is 11.2 Å². The van der Waals surface area contributed by atoms with Crippen molar-refractivity contribution in [1.29, 1.82) is 0 Å². The van der Waals surface area contributed by atoms with Crippen LogP contribution in [-0.4, -0.2) is 39.6 Å². The summed E-state index contributed by atoms with van der Waals surface area (Å²) < 4.78 is 2.33. The van der Waals surface area contributed by atoms with Crippen LogP contribution in [0.15, 0.2) is 18.3 Å². The van der Waals surface area contributed by atoms with Gasteiger partial charge < -0.3 is 9.47 Å². The molecule has 3 heterocycles. The molecule has 1 fully saturated rings. The largest absolute Gasteiger partial charge is 0.307 e. The van der Waals surface area contributed by atoms with Gasteiger partial charge in [-0.2, -0.15) is 0 Å². The molecule has 1 atom stereocenters. The molecule has 2 aromatic rings. The maximum Gasteiger partial charge on any atom is 0.160 e. The van der Waals surface area contributed by atoms with Gasteiger partial charge in [0.15, 0.2) is 5.65 Å². The number of likely N-dealkylation sites (tertiary alicyclic amines) is 1. The molecule has 0 N–H and O–H groups in total. The summed E-state index contributed by atoms with van der Waals surface area (Å²) in [5.74, 6) is 1.73. The number of rotatable bonds is 1. The summed E-state index contributed by atoms with van der Waals surface area (Å²) in [5.41, 5.74) is 2.04. The first-order valence-corrected chi connectivity index (χ1v) is 6.99. The topological polar surface area (TPSA) is 34.0 Å². The number of likely N-dealkylation sites (N-methyl/N-ethyl adjacent to an activating group) is 1. The zero-order chi connectivity index (χ0) is 13.6. The maximum atomic E-state index is 4.87. The lowest BCUT2D eigenvalue weighted by Crippen LogP contribution is -2.26. The van der Waals surface area contributed by atoms with Crippen LogP contribution < -0.4 is 0 Å². The smallest absolute Gasteiger partial charge is 0.160 e. The summed E-state index contributed by atoms with van der Waals surface area (Å²) in [6, 6.07) is 4.03. The Bertz CT molecular complexity index is 594. The van der Waals surface area contributed by atoms with Crippen molar-refractivity contribution in [2.75, 3.05) is 20.1 Å². The minimum absolute atomic E-state index is 0.0135. The van der Waals surface area contributed by atoms with E-state index in [0.29, 0.717) is 5.92 Å². The first-order chi connectivity index (χ1) is 8.97. The molecule has 2 aromatic heterocycles. The second-order valence-corrected chi connectivity index (χ2v) is 6.57. The van der Waals surface area contributed by atoms with Gasteiger partial charge in [-0.25, -0.2) is 9.97 Å². The van der Waals surface area contributed by atoms with Gasteiger partial charge in [0, 0.05) is 24.2 Å². The van der Waals surface area contributed by atoms with Crippen molar-refractivity contribution in [1.82, 2.24) is 19.4 Å². The van der Waals surface area contributed by atoms with Crippen molar-refractivity contribution in [3.05, 3.63) is 24.2 Å². The average Bonchev–Trinajstić information content (AvgIpc) is 2.90. The van der Waals surface area contributed by atoms with Gasteiger partial charge in [0.2, 0.25) is 0 Å². The molecule has 0 spiro atoms. The second kappa shape index (κ2) is 4.30. The Kier molecular flexibility index (Phi) is 2.86. The molecule has 1 saturated heterocycles. The molecule has 1 aliphatic heterocycles. The Hall–Kier alpha value is -1.42. The minimum Gasteiger partial charge on any atom is -0.307 e. The van der Waals surface area contributed by atoms with E-state index in [1.807, 2.05) is 12.3 Å². The Morgan fingerprint density at radius 1 is 1.32 bits per heavy atom. The summed E-state index contributed by atoms with van der Waals surface area (Å²) in [5, 5.41) is 0. The molecule has 1 aliphatic rings. The van der Waals surface area contributed by atoms with E-state index in [-0.39, 0.29) is 5.54 Å². The quantitative estimate of drug-likeness (QED) is 0.788. The van der Waals surface area contributed by atoms with Crippen molar-refractivity contribution < 1.29 is 0 Å². The van der Waals surface area contributed by atoms with Gasteiger partial charge in [-0.3, -0.25) is 0 Å². The Morgan fingerprint density at radius 3 is 2.74 bits per heavy atom. The van der Waals surface area contributed by atoms with Crippen molar-refractivity contribution in [3.63, 3.8) is 0 Å². The van der Waals surface area contributed by atoms with Gasteiger partial charge >= 0.3 is 0 Å². The molecule has 0 radical (unpaired) electrons. The van der Waals surface area contributed by atoms with Crippen LogP contribution in [0.3, 0.4) is 0 Å². The number of aromatic nitrogens is 3. The van der Waals surface area contributed by atoms with Gasteiger partial charge in [-0.1, -0.05) is 0 Å². The second-order valence-electron chi connectivity index (χ2n) is 6.57. The number of hydrogen-bond acceptors (Lipinski definition) is 3. The maximum absolute atomic E-state index is 4.87. The van der Waals surface area contributed by atoms with Crippen molar-refractivity contribution in [2.45, 2.75) is 38.6 Å². The number of fused-ring (bicyclic) bond motifs is 1. The number of hydrogen-bond donors (Lipinski definition) is 0. The zero-order valence-electron chi connectivity index (χ0n) is 12.2. The molecule has 19 heavy (non-hydrogen) atoms. The van der Waals surface area contributed by atoms with E-state index >= 15 is 0 Å². The van der Waals surface area contributed by atoms with Gasteiger partial charge in [0.1, 0.15) is 11.3 Å². The van der Waals surface area contributed by atoms with Gasteiger partial charge in [0.25, 0.3) is 0 Å². The summed E-state index contributed by atoms with van der Waals surface area (Å²) in [7, 11) is 2.18. The molecule has 0 saturated carbocycles. The fourth-order valence-electron chi connectivity index (χ4n) is 3.01. The van der Waals surface area contributed by atoms with Crippen LogP contribution in [0.1, 0.15) is 38.9 Å². The normalized spacial score (nSPS) is 21.4. The molecule has 4 heteroatoms. The molecule has 1 unspecified atom stereocenters. The van der Waals surface area contributed by atoms with Crippen LogP contribution in [0.5, 0.6) is 0 Å². The Balaban J connectivity index is 2.18. The highest BCUT2D eigenvalue weighted by atomic mass is 15.2. The van der Waals surface area contributed by atoms with Crippen LogP contribution in [0.2, 0.25) is 0 Å². The van der Waals surface area contributed by atoms with Gasteiger partial charge in [-0.05, 0) is 52.9 Å². The van der Waals surface area contributed by atoms with Crippen LogP contribution >= 0.6 is 0 Å². The van der Waals surface area contributed by atoms with Crippen LogP contribution in [-0.2, 0) is 5.54 Å². The van der Waals surface area contributed by atoms with E-state index < -0.39 is 0 Å². The third-order valence-corrected chi connectivity index (χ3v) is 3.87. The van der Waals surface area contributed by atoms with Crippen LogP contribution in [0, 0.1) is 0 Å². The summed E-state index contributed by atoms with van der Waals surface area (Å²) >= 11 is 0. The highest BCUT2D eigenvalue weighted by Crippen LogP contribution is 2.32. The summed E-state index contributed by atoms with van der Waals surface area (Å²) in [6.45, 7) is 8.94. The molecule has 0 bridgehead atoms. The number of pyridine rings is 1. The first kappa shape index (κ1) is 12.6. The van der Waals surface area contributed by atoms with E-state index in [0.717, 1.165) is 24.3 Å². The SMILES string of the molecule is CN1CCC(c2nc3cccnc3n2C(C)(C)C)C1. The highest BCUT2D eigenvalue weighted by molar-refractivity contribution is 5.71. The number of nitrogens with zero attached hydrogens (tertiary/aromatic N) is 4. The van der Waals surface area contributed by atoms with E-state index in [1.54, 1.807) is 0 Å². The molecule has 0 aliphatic carbocycles. The van der Waals surface area contributed by atoms with Crippen LogP contribution in [0.25, 0.3) is 11.2 Å². The Labute approximate surface area is 114 Å². The fraction of sp³-hybridized carbons (Fsp3) is 0.600. The van der Waals surface area contributed by atoms with E-state index in [9.17, 15) is 0 Å².